The number of benzene rings is 2. The molecule has 0 aliphatic heterocycles. The van der Waals surface area contributed by atoms with Gasteiger partial charge < -0.3 is 10.5 Å². The van der Waals surface area contributed by atoms with Gasteiger partial charge in [-0.1, -0.05) is 18.2 Å². The average molecular weight is 255 g/mol. The summed E-state index contributed by atoms with van der Waals surface area (Å²) >= 11 is 0. The summed E-state index contributed by atoms with van der Waals surface area (Å²) in [4.78, 5) is 0. The van der Waals surface area contributed by atoms with Gasteiger partial charge in [0.25, 0.3) is 0 Å². The Hall–Kier alpha value is -2.69. The monoisotopic (exact) mass is 255 g/mol. The van der Waals surface area contributed by atoms with Gasteiger partial charge in [0.15, 0.2) is 5.75 Å². The molecule has 0 radical (unpaired) electrons. The van der Waals surface area contributed by atoms with Crippen LogP contribution in [0.1, 0.15) is 0 Å². The fraction of sp³-hybridized carbons (Fsp3) is 0. The predicted molar refractivity (Wildman–Crippen MR) is 70.4 cm³/mol. The molecule has 0 unspecified atom stereocenters. The van der Waals surface area contributed by atoms with Crippen molar-refractivity contribution in [3.63, 3.8) is 0 Å². The highest BCUT2D eigenvalue weighted by molar-refractivity contribution is 5.86. The molecule has 0 atom stereocenters. The van der Waals surface area contributed by atoms with Crippen LogP contribution in [0.2, 0.25) is 0 Å². The van der Waals surface area contributed by atoms with E-state index in [-0.39, 0.29) is 5.75 Å². The minimum Gasteiger partial charge on any atom is -0.435 e. The van der Waals surface area contributed by atoms with Crippen LogP contribution >= 0.6 is 0 Å². The van der Waals surface area contributed by atoms with E-state index in [9.17, 15) is 4.39 Å². The molecule has 0 aliphatic carbocycles. The van der Waals surface area contributed by atoms with E-state index in [4.69, 9.17) is 10.5 Å². The van der Waals surface area contributed by atoms with E-state index < -0.39 is 5.82 Å². The smallest absolute Gasteiger partial charge is 0.246 e. The lowest BCUT2D eigenvalue weighted by Crippen LogP contribution is -1.96. The second-order valence-electron chi connectivity index (χ2n) is 4.02. The molecule has 0 saturated carbocycles. The Morgan fingerprint density at radius 1 is 1.11 bits per heavy atom. The SMILES string of the molecule is Nc1ccc(F)cc1Oc1nncc2ccccc12. The van der Waals surface area contributed by atoms with Crippen LogP contribution in [-0.2, 0) is 0 Å². The van der Waals surface area contributed by atoms with Gasteiger partial charge in [-0.15, -0.1) is 5.10 Å². The number of nitrogens with two attached hydrogens (primary N) is 1. The largest absolute Gasteiger partial charge is 0.435 e. The van der Waals surface area contributed by atoms with Crippen molar-refractivity contribution in [1.29, 1.82) is 0 Å². The van der Waals surface area contributed by atoms with Crippen LogP contribution in [0, 0.1) is 5.82 Å². The van der Waals surface area contributed by atoms with Crippen molar-refractivity contribution in [3.8, 4) is 11.6 Å². The second-order valence-corrected chi connectivity index (χ2v) is 4.02. The Bertz CT molecular complexity index is 740. The van der Waals surface area contributed by atoms with E-state index in [1.165, 1.54) is 18.2 Å². The van der Waals surface area contributed by atoms with E-state index in [0.29, 0.717) is 11.6 Å². The Labute approximate surface area is 108 Å². The zero-order valence-electron chi connectivity index (χ0n) is 9.88. The van der Waals surface area contributed by atoms with Crippen molar-refractivity contribution < 1.29 is 9.13 Å². The van der Waals surface area contributed by atoms with Gasteiger partial charge in [0.1, 0.15) is 5.82 Å². The number of hydrogen-bond donors (Lipinski definition) is 1. The third kappa shape index (κ3) is 2.18. The van der Waals surface area contributed by atoms with Gasteiger partial charge >= 0.3 is 0 Å². The molecule has 0 amide bonds. The minimum atomic E-state index is -0.419. The lowest BCUT2D eigenvalue weighted by molar-refractivity contribution is 0.459. The quantitative estimate of drug-likeness (QED) is 0.714. The van der Waals surface area contributed by atoms with Crippen LogP contribution in [0.3, 0.4) is 0 Å². The molecule has 0 saturated heterocycles. The molecule has 19 heavy (non-hydrogen) atoms. The zero-order chi connectivity index (χ0) is 13.2. The summed E-state index contributed by atoms with van der Waals surface area (Å²) in [6.45, 7) is 0. The first kappa shape index (κ1) is 11.4. The molecule has 5 heteroatoms. The van der Waals surface area contributed by atoms with Gasteiger partial charge in [0.05, 0.1) is 11.9 Å². The number of halogens is 1. The molecular formula is C14H10FN3O. The van der Waals surface area contributed by atoms with Gasteiger partial charge in [-0.05, 0) is 18.2 Å². The Kier molecular flexibility index (Phi) is 2.72. The van der Waals surface area contributed by atoms with Gasteiger partial charge in [0.2, 0.25) is 5.88 Å². The van der Waals surface area contributed by atoms with Crippen molar-refractivity contribution in [2.45, 2.75) is 0 Å². The predicted octanol–water partition coefficient (Wildman–Crippen LogP) is 3.14. The van der Waals surface area contributed by atoms with Gasteiger partial charge in [-0.25, -0.2) is 4.39 Å². The summed E-state index contributed by atoms with van der Waals surface area (Å²) in [5.41, 5.74) is 6.09. The first-order chi connectivity index (χ1) is 9.24. The lowest BCUT2D eigenvalue weighted by atomic mass is 10.2. The summed E-state index contributed by atoms with van der Waals surface area (Å²) in [6.07, 6.45) is 1.64. The third-order valence-electron chi connectivity index (χ3n) is 2.72. The van der Waals surface area contributed by atoms with Crippen LogP contribution in [0.25, 0.3) is 10.8 Å². The standard InChI is InChI=1S/C14H10FN3O/c15-10-5-6-12(16)13(7-10)19-14-11-4-2-1-3-9(11)8-17-18-14/h1-8H,16H2. The van der Waals surface area contributed by atoms with E-state index >= 15 is 0 Å². The minimum absolute atomic E-state index is 0.227. The summed E-state index contributed by atoms with van der Waals surface area (Å²) in [6, 6.07) is 11.5. The molecule has 0 aliphatic rings. The molecule has 1 aromatic heterocycles. The highest BCUT2D eigenvalue weighted by atomic mass is 19.1. The Morgan fingerprint density at radius 3 is 2.84 bits per heavy atom. The first-order valence-electron chi connectivity index (χ1n) is 5.67. The van der Waals surface area contributed by atoms with Crippen LogP contribution in [0.5, 0.6) is 11.6 Å². The second kappa shape index (κ2) is 4.53. The Balaban J connectivity index is 2.08. The topological polar surface area (TPSA) is 61.0 Å². The number of ether oxygens (including phenoxy) is 1. The first-order valence-corrected chi connectivity index (χ1v) is 5.67. The molecule has 3 rings (SSSR count). The summed E-state index contributed by atoms with van der Waals surface area (Å²) in [5.74, 6) is 0.110. The molecular weight excluding hydrogens is 245 g/mol. The van der Waals surface area contributed by atoms with Crippen LogP contribution < -0.4 is 10.5 Å². The molecule has 2 aromatic carbocycles. The maximum absolute atomic E-state index is 13.2. The van der Waals surface area contributed by atoms with Crippen molar-refractivity contribution in [2.24, 2.45) is 0 Å². The molecule has 0 bridgehead atoms. The normalized spacial score (nSPS) is 10.6. The fourth-order valence-electron chi connectivity index (χ4n) is 1.78. The van der Waals surface area contributed by atoms with Gasteiger partial charge in [0, 0.05) is 16.8 Å². The number of anilines is 1. The molecule has 0 fully saturated rings. The number of fused-ring (bicyclic) bond motifs is 1. The van der Waals surface area contributed by atoms with Gasteiger partial charge in [-0.3, -0.25) is 0 Å². The average Bonchev–Trinajstić information content (AvgIpc) is 2.43. The van der Waals surface area contributed by atoms with Crippen molar-refractivity contribution in [1.82, 2.24) is 10.2 Å². The fourth-order valence-corrected chi connectivity index (χ4v) is 1.78. The summed E-state index contributed by atoms with van der Waals surface area (Å²) < 4.78 is 18.8. The highest BCUT2D eigenvalue weighted by Crippen LogP contribution is 2.30. The molecule has 3 aromatic rings. The van der Waals surface area contributed by atoms with E-state index in [1.54, 1.807) is 6.20 Å². The number of aromatic nitrogens is 2. The number of nitrogens with zero attached hydrogens (tertiary/aromatic N) is 2. The molecule has 1 heterocycles. The number of nitrogen functional groups attached to an aromatic ring is 1. The molecule has 0 spiro atoms. The van der Waals surface area contributed by atoms with Crippen molar-refractivity contribution in [2.75, 3.05) is 5.73 Å². The van der Waals surface area contributed by atoms with E-state index in [0.717, 1.165) is 10.8 Å². The maximum Gasteiger partial charge on any atom is 0.246 e. The highest BCUT2D eigenvalue weighted by Gasteiger charge is 2.08. The van der Waals surface area contributed by atoms with Crippen molar-refractivity contribution in [3.05, 3.63) is 54.5 Å². The van der Waals surface area contributed by atoms with E-state index in [1.807, 2.05) is 24.3 Å². The zero-order valence-corrected chi connectivity index (χ0v) is 9.88. The molecule has 94 valence electrons. The Morgan fingerprint density at radius 2 is 1.95 bits per heavy atom. The van der Waals surface area contributed by atoms with Crippen LogP contribution in [0.4, 0.5) is 10.1 Å². The number of hydrogen-bond acceptors (Lipinski definition) is 4. The van der Waals surface area contributed by atoms with E-state index in [2.05, 4.69) is 10.2 Å². The molecule has 2 N–H and O–H groups in total. The van der Waals surface area contributed by atoms with Gasteiger partial charge in [-0.2, -0.15) is 5.10 Å². The third-order valence-corrected chi connectivity index (χ3v) is 2.72. The van der Waals surface area contributed by atoms with Crippen molar-refractivity contribution >= 4 is 16.5 Å². The number of rotatable bonds is 2. The van der Waals surface area contributed by atoms with Crippen LogP contribution in [-0.4, -0.2) is 10.2 Å². The summed E-state index contributed by atoms with van der Waals surface area (Å²) in [5, 5.41) is 9.46. The summed E-state index contributed by atoms with van der Waals surface area (Å²) in [7, 11) is 0. The lowest BCUT2D eigenvalue weighted by Gasteiger charge is -2.08. The maximum atomic E-state index is 13.2. The molecule has 4 nitrogen and oxygen atoms in total. The van der Waals surface area contributed by atoms with Crippen LogP contribution in [0.15, 0.2) is 48.7 Å².